The van der Waals surface area contributed by atoms with Crippen molar-refractivity contribution < 1.29 is 30.3 Å². The highest BCUT2D eigenvalue weighted by atomic mass is 16.6. The van der Waals surface area contributed by atoms with Crippen LogP contribution in [0.2, 0.25) is 0 Å². The van der Waals surface area contributed by atoms with Gasteiger partial charge in [-0.15, -0.1) is 0 Å². The third kappa shape index (κ3) is 1.58. The molecule has 1 fully saturated rings. The summed E-state index contributed by atoms with van der Waals surface area (Å²) in [7, 11) is 0. The van der Waals surface area contributed by atoms with E-state index in [2.05, 4.69) is 4.74 Å². The van der Waals surface area contributed by atoms with Crippen LogP contribution in [0.15, 0.2) is 0 Å². The first kappa shape index (κ1) is 9.85. The van der Waals surface area contributed by atoms with E-state index in [4.69, 9.17) is 25.5 Å². The molecule has 0 spiro atoms. The maximum Gasteiger partial charge on any atom is 0.184 e. The molecular weight excluding hydrogens is 168 g/mol. The van der Waals surface area contributed by atoms with Crippen LogP contribution in [0.25, 0.3) is 0 Å². The third-order valence-corrected chi connectivity index (χ3v) is 1.87. The fourth-order valence-corrected chi connectivity index (χ4v) is 1.08. The second-order valence-corrected chi connectivity index (χ2v) is 2.72. The van der Waals surface area contributed by atoms with Crippen LogP contribution < -0.4 is 0 Å². The van der Waals surface area contributed by atoms with Gasteiger partial charge in [0.1, 0.15) is 24.4 Å². The second kappa shape index (κ2) is 3.65. The molecule has 0 bridgehead atoms. The monoisotopic (exact) mass is 180 g/mol. The molecule has 0 amide bonds. The van der Waals surface area contributed by atoms with Crippen LogP contribution in [0.4, 0.5) is 0 Å². The fraction of sp³-hybridized carbons (Fsp3) is 1.00. The molecule has 1 aliphatic rings. The van der Waals surface area contributed by atoms with E-state index in [1.165, 1.54) is 0 Å². The summed E-state index contributed by atoms with van der Waals surface area (Å²) in [5.41, 5.74) is 0. The molecule has 0 aromatic rings. The summed E-state index contributed by atoms with van der Waals surface area (Å²) in [5.74, 6) is 0. The van der Waals surface area contributed by atoms with E-state index in [9.17, 15) is 0 Å². The molecule has 1 heterocycles. The minimum atomic E-state index is -1.57. The van der Waals surface area contributed by atoms with E-state index < -0.39 is 37.3 Å². The lowest BCUT2D eigenvalue weighted by Crippen LogP contribution is -2.58. The quantitative estimate of drug-likeness (QED) is 0.290. The molecule has 72 valence electrons. The fourth-order valence-electron chi connectivity index (χ4n) is 1.08. The highest BCUT2D eigenvalue weighted by Crippen LogP contribution is 2.18. The van der Waals surface area contributed by atoms with Crippen molar-refractivity contribution in [2.24, 2.45) is 0 Å². The molecule has 1 aliphatic heterocycles. The van der Waals surface area contributed by atoms with Gasteiger partial charge in [-0.2, -0.15) is 0 Å². The van der Waals surface area contributed by atoms with Gasteiger partial charge >= 0.3 is 0 Å². The van der Waals surface area contributed by atoms with E-state index in [0.29, 0.717) is 0 Å². The summed E-state index contributed by atoms with van der Waals surface area (Å²) < 4.78 is 4.58. The van der Waals surface area contributed by atoms with E-state index in [1.807, 2.05) is 0 Å². The number of ether oxygens (including phenoxy) is 1. The van der Waals surface area contributed by atoms with Gasteiger partial charge < -0.3 is 30.3 Å². The average molecular weight is 180 g/mol. The molecule has 1 saturated heterocycles. The Kier molecular flexibility index (Phi) is 2.99. The summed E-state index contributed by atoms with van der Waals surface area (Å²) in [6.07, 6.45) is -7.04. The topological polar surface area (TPSA) is 110 Å². The maximum atomic E-state index is 9.12. The molecule has 0 saturated carbocycles. The number of rotatable bonds is 1. The molecule has 6 heteroatoms. The van der Waals surface area contributed by atoms with Gasteiger partial charge in [0.25, 0.3) is 0 Å². The van der Waals surface area contributed by atoms with Crippen LogP contribution in [0, 0.1) is 0 Å². The second-order valence-electron chi connectivity index (χ2n) is 2.72. The van der Waals surface area contributed by atoms with Crippen LogP contribution in [0.5, 0.6) is 0 Å². The van der Waals surface area contributed by atoms with Crippen LogP contribution in [-0.2, 0) is 4.74 Å². The van der Waals surface area contributed by atoms with Crippen molar-refractivity contribution in [3.05, 3.63) is 0 Å². The summed E-state index contributed by atoms with van der Waals surface area (Å²) in [4.78, 5) is 0. The number of hydrogen-bond donors (Lipinski definition) is 5. The van der Waals surface area contributed by atoms with Crippen molar-refractivity contribution in [2.45, 2.75) is 30.7 Å². The van der Waals surface area contributed by atoms with Gasteiger partial charge in [0.15, 0.2) is 6.29 Å². The van der Waals surface area contributed by atoms with E-state index >= 15 is 0 Å². The van der Waals surface area contributed by atoms with Gasteiger partial charge in [0.2, 0.25) is 0 Å². The van der Waals surface area contributed by atoms with Crippen molar-refractivity contribution in [2.75, 3.05) is 6.61 Å². The summed E-state index contributed by atoms with van der Waals surface area (Å²) >= 11 is 0. The Morgan fingerprint density at radius 2 is 1.50 bits per heavy atom. The zero-order valence-electron chi connectivity index (χ0n) is 6.24. The van der Waals surface area contributed by atoms with Crippen molar-refractivity contribution in [1.29, 1.82) is 0 Å². The molecule has 2 unspecified atom stereocenters. The lowest BCUT2D eigenvalue weighted by Gasteiger charge is -2.37. The molecular formula is C6H12O6. The van der Waals surface area contributed by atoms with Gasteiger partial charge in [0, 0.05) is 0 Å². The van der Waals surface area contributed by atoms with Crippen LogP contribution >= 0.6 is 0 Å². The van der Waals surface area contributed by atoms with Gasteiger partial charge in [-0.05, 0) is 0 Å². The normalized spacial score (nSPS) is 49.2. The first-order valence-corrected chi connectivity index (χ1v) is 3.56. The predicted octanol–water partition coefficient (Wildman–Crippen LogP) is -3.22. The number of aliphatic hydroxyl groups excluding tert-OH is 5. The van der Waals surface area contributed by atoms with E-state index in [0.717, 1.165) is 0 Å². The Labute approximate surface area is 68.6 Å². The predicted molar refractivity (Wildman–Crippen MR) is 36.0 cm³/mol. The Balaban J connectivity index is 2.63. The van der Waals surface area contributed by atoms with Crippen molar-refractivity contribution in [1.82, 2.24) is 0 Å². The standard InChI is InChI=1S/C6H12O6/c7-1-2-3(8)4(9)5(10)6(11)12-2/h2-11H,1H2/t2-,3+,4+,5?,6?/m0/s1. The van der Waals surface area contributed by atoms with Gasteiger partial charge in [-0.3, -0.25) is 0 Å². The molecule has 5 atom stereocenters. The molecule has 6 nitrogen and oxygen atoms in total. The molecule has 0 aromatic carbocycles. The lowest BCUT2D eigenvalue weighted by molar-refractivity contribution is -0.286. The van der Waals surface area contributed by atoms with Gasteiger partial charge in [-0.1, -0.05) is 0 Å². The van der Waals surface area contributed by atoms with E-state index in [-0.39, 0.29) is 0 Å². The minimum absolute atomic E-state index is 0.526. The van der Waals surface area contributed by atoms with E-state index in [1.54, 1.807) is 0 Å². The maximum absolute atomic E-state index is 9.12. The largest absolute Gasteiger partial charge is 0.394 e. The summed E-state index contributed by atoms with van der Waals surface area (Å²) in [6, 6.07) is 0. The first-order valence-electron chi connectivity index (χ1n) is 3.56. The Morgan fingerprint density at radius 3 is 2.00 bits per heavy atom. The van der Waals surface area contributed by atoms with Crippen molar-refractivity contribution in [3.63, 3.8) is 0 Å². The number of aliphatic hydroxyl groups is 5. The molecule has 0 radical (unpaired) electrons. The zero-order chi connectivity index (χ0) is 9.30. The Hall–Kier alpha value is -0.240. The number of hydrogen-bond acceptors (Lipinski definition) is 6. The zero-order valence-corrected chi connectivity index (χ0v) is 6.24. The highest BCUT2D eigenvalue weighted by Gasteiger charge is 2.42. The minimum Gasteiger partial charge on any atom is -0.394 e. The SMILES string of the molecule is OC[C@@H]1OC(O)C(O)[C@H](O)[C@@H]1O. The molecule has 5 N–H and O–H groups in total. The Bertz CT molecular complexity index is 146. The van der Waals surface area contributed by atoms with Crippen molar-refractivity contribution in [3.8, 4) is 0 Å². The Morgan fingerprint density at radius 1 is 0.917 bits per heavy atom. The lowest BCUT2D eigenvalue weighted by atomic mass is 10.00. The average Bonchev–Trinajstić information content (AvgIpc) is 2.08. The highest BCUT2D eigenvalue weighted by molar-refractivity contribution is 4.87. The molecule has 12 heavy (non-hydrogen) atoms. The summed E-state index contributed by atoms with van der Waals surface area (Å²) in [6.45, 7) is -0.526. The van der Waals surface area contributed by atoms with Gasteiger partial charge in [-0.25, -0.2) is 0 Å². The van der Waals surface area contributed by atoms with Crippen LogP contribution in [-0.4, -0.2) is 62.8 Å². The molecule has 0 aromatic heterocycles. The first-order chi connectivity index (χ1) is 5.57. The molecule has 0 aliphatic carbocycles. The van der Waals surface area contributed by atoms with Crippen LogP contribution in [0.3, 0.4) is 0 Å². The third-order valence-electron chi connectivity index (χ3n) is 1.87. The van der Waals surface area contributed by atoms with Crippen LogP contribution in [0.1, 0.15) is 0 Å². The summed E-state index contributed by atoms with van der Waals surface area (Å²) in [5, 5.41) is 44.7. The van der Waals surface area contributed by atoms with Crippen molar-refractivity contribution >= 4 is 0 Å². The molecule has 1 rings (SSSR count). The smallest absolute Gasteiger partial charge is 0.184 e. The van der Waals surface area contributed by atoms with Gasteiger partial charge in [0.05, 0.1) is 6.61 Å².